The lowest BCUT2D eigenvalue weighted by Gasteiger charge is -2.20. The SMILES string of the molecule is CCN(CC)C(=O)c1ccccc1NC(=O)c1ccc(OC)c(OC)c1. The molecule has 0 saturated carbocycles. The van der Waals surface area contributed by atoms with Crippen molar-refractivity contribution in [2.24, 2.45) is 0 Å². The molecule has 0 fully saturated rings. The Bertz CT molecular complexity index is 785. The van der Waals surface area contributed by atoms with Crippen molar-refractivity contribution < 1.29 is 19.1 Å². The molecule has 0 heterocycles. The van der Waals surface area contributed by atoms with Crippen molar-refractivity contribution in [3.8, 4) is 11.5 Å². The third-order valence-electron chi connectivity index (χ3n) is 4.10. The first kappa shape index (κ1) is 19.3. The van der Waals surface area contributed by atoms with Crippen molar-refractivity contribution in [3.63, 3.8) is 0 Å². The zero-order chi connectivity index (χ0) is 19.1. The molecule has 1 N–H and O–H groups in total. The monoisotopic (exact) mass is 356 g/mol. The summed E-state index contributed by atoms with van der Waals surface area (Å²) in [7, 11) is 3.05. The highest BCUT2D eigenvalue weighted by Gasteiger charge is 2.18. The number of amides is 2. The summed E-state index contributed by atoms with van der Waals surface area (Å²) >= 11 is 0. The summed E-state index contributed by atoms with van der Waals surface area (Å²) in [6.45, 7) is 5.05. The zero-order valence-electron chi connectivity index (χ0n) is 15.5. The van der Waals surface area contributed by atoms with Crippen molar-refractivity contribution in [1.29, 1.82) is 0 Å². The van der Waals surface area contributed by atoms with Crippen LogP contribution in [0.25, 0.3) is 0 Å². The molecule has 2 rings (SSSR count). The normalized spacial score (nSPS) is 10.2. The van der Waals surface area contributed by atoms with Crippen molar-refractivity contribution in [3.05, 3.63) is 53.6 Å². The number of carbonyl (C=O) groups is 2. The fraction of sp³-hybridized carbons (Fsp3) is 0.300. The number of nitrogens with zero attached hydrogens (tertiary/aromatic N) is 1. The number of nitrogens with one attached hydrogen (secondary N) is 1. The van der Waals surface area contributed by atoms with Crippen molar-refractivity contribution in [2.75, 3.05) is 32.6 Å². The molecule has 0 radical (unpaired) electrons. The van der Waals surface area contributed by atoms with Crippen LogP contribution < -0.4 is 14.8 Å². The van der Waals surface area contributed by atoms with Gasteiger partial charge in [-0.15, -0.1) is 0 Å². The molecule has 0 atom stereocenters. The molecule has 2 amide bonds. The van der Waals surface area contributed by atoms with E-state index in [2.05, 4.69) is 5.32 Å². The van der Waals surface area contributed by atoms with Crippen LogP contribution in [-0.4, -0.2) is 44.0 Å². The van der Waals surface area contributed by atoms with Gasteiger partial charge in [0.15, 0.2) is 11.5 Å². The van der Waals surface area contributed by atoms with Gasteiger partial charge >= 0.3 is 0 Å². The quantitative estimate of drug-likeness (QED) is 0.825. The summed E-state index contributed by atoms with van der Waals surface area (Å²) in [6.07, 6.45) is 0. The van der Waals surface area contributed by atoms with Crippen molar-refractivity contribution in [1.82, 2.24) is 4.90 Å². The molecule has 0 aliphatic rings. The van der Waals surface area contributed by atoms with Crippen LogP contribution in [0.5, 0.6) is 11.5 Å². The lowest BCUT2D eigenvalue weighted by molar-refractivity contribution is 0.0774. The highest BCUT2D eigenvalue weighted by atomic mass is 16.5. The van der Waals surface area contributed by atoms with E-state index in [1.54, 1.807) is 47.4 Å². The third-order valence-corrected chi connectivity index (χ3v) is 4.10. The summed E-state index contributed by atoms with van der Waals surface area (Å²) in [5.41, 5.74) is 1.35. The molecular formula is C20H24N2O4. The van der Waals surface area contributed by atoms with Gasteiger partial charge in [0.25, 0.3) is 11.8 Å². The second-order valence-electron chi connectivity index (χ2n) is 5.55. The lowest BCUT2D eigenvalue weighted by atomic mass is 10.1. The number of anilines is 1. The molecule has 26 heavy (non-hydrogen) atoms. The van der Waals surface area contributed by atoms with E-state index in [-0.39, 0.29) is 11.8 Å². The van der Waals surface area contributed by atoms with Gasteiger partial charge in [0.2, 0.25) is 0 Å². The summed E-state index contributed by atoms with van der Waals surface area (Å²) in [4.78, 5) is 27.0. The number of rotatable bonds is 7. The van der Waals surface area contributed by atoms with Gasteiger partial charge in [0.1, 0.15) is 0 Å². The van der Waals surface area contributed by atoms with E-state index in [4.69, 9.17) is 9.47 Å². The zero-order valence-corrected chi connectivity index (χ0v) is 15.5. The van der Waals surface area contributed by atoms with Crippen LogP contribution in [0.2, 0.25) is 0 Å². The molecule has 0 saturated heterocycles. The average Bonchev–Trinajstić information content (AvgIpc) is 2.68. The Morgan fingerprint density at radius 1 is 0.962 bits per heavy atom. The van der Waals surface area contributed by atoms with E-state index in [0.29, 0.717) is 41.4 Å². The lowest BCUT2D eigenvalue weighted by Crippen LogP contribution is -2.31. The van der Waals surface area contributed by atoms with Crippen LogP contribution in [0.4, 0.5) is 5.69 Å². The van der Waals surface area contributed by atoms with Crippen LogP contribution >= 0.6 is 0 Å². The van der Waals surface area contributed by atoms with Crippen LogP contribution in [0, 0.1) is 0 Å². The van der Waals surface area contributed by atoms with Gasteiger partial charge in [0.05, 0.1) is 25.5 Å². The molecule has 0 unspecified atom stereocenters. The Balaban J connectivity index is 2.29. The maximum absolute atomic E-state index is 12.7. The molecule has 138 valence electrons. The van der Waals surface area contributed by atoms with Crippen LogP contribution in [-0.2, 0) is 0 Å². The van der Waals surface area contributed by atoms with Crippen LogP contribution in [0.1, 0.15) is 34.6 Å². The van der Waals surface area contributed by atoms with E-state index < -0.39 is 0 Å². The molecule has 0 aliphatic carbocycles. The Kier molecular flexibility index (Phi) is 6.60. The Labute approximate surface area is 153 Å². The Morgan fingerprint density at radius 2 is 1.62 bits per heavy atom. The van der Waals surface area contributed by atoms with E-state index in [1.807, 2.05) is 13.8 Å². The minimum Gasteiger partial charge on any atom is -0.493 e. The minimum atomic E-state index is -0.328. The first-order valence-corrected chi connectivity index (χ1v) is 8.47. The van der Waals surface area contributed by atoms with Gasteiger partial charge in [-0.25, -0.2) is 0 Å². The number of hydrogen-bond donors (Lipinski definition) is 1. The molecule has 2 aromatic carbocycles. The van der Waals surface area contributed by atoms with Gasteiger partial charge < -0.3 is 19.7 Å². The topological polar surface area (TPSA) is 67.9 Å². The predicted molar refractivity (Wildman–Crippen MR) is 101 cm³/mol. The van der Waals surface area contributed by atoms with E-state index >= 15 is 0 Å². The van der Waals surface area contributed by atoms with Gasteiger partial charge in [0, 0.05) is 18.7 Å². The smallest absolute Gasteiger partial charge is 0.255 e. The fourth-order valence-electron chi connectivity index (χ4n) is 2.63. The Hall–Kier alpha value is -3.02. The highest BCUT2D eigenvalue weighted by Crippen LogP contribution is 2.28. The number of hydrogen-bond acceptors (Lipinski definition) is 4. The number of benzene rings is 2. The number of methoxy groups -OCH3 is 2. The standard InChI is InChI=1S/C20H24N2O4/c1-5-22(6-2)20(24)15-9-7-8-10-16(15)21-19(23)14-11-12-17(25-3)18(13-14)26-4/h7-13H,5-6H2,1-4H3,(H,21,23). The van der Waals surface area contributed by atoms with E-state index in [0.717, 1.165) is 0 Å². The minimum absolute atomic E-state index is 0.113. The summed E-state index contributed by atoms with van der Waals surface area (Å²) in [5, 5.41) is 2.82. The second-order valence-corrected chi connectivity index (χ2v) is 5.55. The number of para-hydroxylation sites is 1. The molecular weight excluding hydrogens is 332 g/mol. The van der Waals surface area contributed by atoms with Gasteiger partial charge in [-0.2, -0.15) is 0 Å². The molecule has 0 aromatic heterocycles. The summed E-state index contributed by atoms with van der Waals surface area (Å²) < 4.78 is 10.4. The van der Waals surface area contributed by atoms with Crippen molar-refractivity contribution in [2.45, 2.75) is 13.8 Å². The molecule has 2 aromatic rings. The van der Waals surface area contributed by atoms with Gasteiger partial charge in [-0.1, -0.05) is 12.1 Å². The largest absolute Gasteiger partial charge is 0.493 e. The summed E-state index contributed by atoms with van der Waals surface area (Å²) in [6, 6.07) is 11.9. The van der Waals surface area contributed by atoms with Gasteiger partial charge in [-0.3, -0.25) is 9.59 Å². The van der Waals surface area contributed by atoms with E-state index in [1.165, 1.54) is 14.2 Å². The fourth-order valence-corrected chi connectivity index (χ4v) is 2.63. The Morgan fingerprint density at radius 3 is 2.23 bits per heavy atom. The first-order valence-electron chi connectivity index (χ1n) is 8.47. The first-order chi connectivity index (χ1) is 12.5. The molecule has 6 nitrogen and oxygen atoms in total. The van der Waals surface area contributed by atoms with E-state index in [9.17, 15) is 9.59 Å². The highest BCUT2D eigenvalue weighted by molar-refractivity contribution is 6.09. The second kappa shape index (κ2) is 8.89. The van der Waals surface area contributed by atoms with Gasteiger partial charge in [-0.05, 0) is 44.2 Å². The molecule has 6 heteroatoms. The third kappa shape index (κ3) is 4.14. The van der Waals surface area contributed by atoms with Crippen LogP contribution in [0.3, 0.4) is 0 Å². The average molecular weight is 356 g/mol. The maximum atomic E-state index is 12.7. The maximum Gasteiger partial charge on any atom is 0.255 e. The number of carbonyl (C=O) groups excluding carboxylic acids is 2. The number of ether oxygens (including phenoxy) is 2. The predicted octanol–water partition coefficient (Wildman–Crippen LogP) is 3.44. The molecule has 0 aliphatic heterocycles. The van der Waals surface area contributed by atoms with Crippen molar-refractivity contribution >= 4 is 17.5 Å². The van der Waals surface area contributed by atoms with Crippen LogP contribution in [0.15, 0.2) is 42.5 Å². The molecule has 0 spiro atoms. The molecule has 0 bridgehead atoms. The summed E-state index contributed by atoms with van der Waals surface area (Å²) in [5.74, 6) is 0.567.